The fourth-order valence-corrected chi connectivity index (χ4v) is 2.96. The Morgan fingerprint density at radius 2 is 1.87 bits per heavy atom. The van der Waals surface area contributed by atoms with E-state index in [-0.39, 0.29) is 5.69 Å². The van der Waals surface area contributed by atoms with Crippen LogP contribution in [-0.4, -0.2) is 22.4 Å². The molecule has 0 aliphatic rings. The Balaban J connectivity index is 2.41. The maximum Gasteiger partial charge on any atom is 0.272 e. The molecular weight excluding hydrogens is 316 g/mol. The second-order valence-corrected chi connectivity index (χ2v) is 7.66. The van der Waals surface area contributed by atoms with Crippen LogP contribution in [0.25, 0.3) is 0 Å². The lowest BCUT2D eigenvalue weighted by Gasteiger charge is -2.11. The van der Waals surface area contributed by atoms with Crippen LogP contribution in [0.3, 0.4) is 0 Å². The third-order valence-corrected chi connectivity index (χ3v) is 5.33. The largest absolute Gasteiger partial charge is 0.457 e. The van der Waals surface area contributed by atoms with Crippen LogP contribution in [0.15, 0.2) is 45.7 Å². The van der Waals surface area contributed by atoms with Crippen molar-refractivity contribution in [2.45, 2.75) is 18.7 Å². The predicted octanol–water partition coefficient (Wildman–Crippen LogP) is 4.09. The molecule has 0 radical (unpaired) electrons. The van der Waals surface area contributed by atoms with Gasteiger partial charge in [-0.15, -0.1) is 0 Å². The van der Waals surface area contributed by atoms with Crippen molar-refractivity contribution in [1.82, 2.24) is 0 Å². The molecule has 0 aromatic heterocycles. The highest BCUT2D eigenvalue weighted by molar-refractivity contribution is 7.93. The summed E-state index contributed by atoms with van der Waals surface area (Å²) in [5, 5.41) is 11.0. The van der Waals surface area contributed by atoms with Crippen LogP contribution in [0, 0.1) is 24.0 Å². The van der Waals surface area contributed by atoms with E-state index in [4.69, 9.17) is 4.74 Å². The summed E-state index contributed by atoms with van der Waals surface area (Å²) in [4.78, 5) is 11.1. The predicted molar refractivity (Wildman–Crippen MR) is 89.8 cm³/mol. The lowest BCUT2D eigenvalue weighted by molar-refractivity contribution is -0.385. The number of nitro benzene ring substituents is 1. The molecule has 0 saturated heterocycles. The number of hydrogen-bond acceptors (Lipinski definition) is 5. The standard InChI is InChI=1S/C16H18N2O4S/c1-11-9-16(12(2)8-15(11)18(19)20)22-13-6-5-7-14(10-13)23(4,21)17-3/h5-10H,1-4H3. The van der Waals surface area contributed by atoms with Crippen molar-refractivity contribution in [2.24, 2.45) is 4.36 Å². The minimum absolute atomic E-state index is 0.0601. The first-order valence-corrected chi connectivity index (χ1v) is 8.81. The van der Waals surface area contributed by atoms with E-state index >= 15 is 0 Å². The second kappa shape index (κ2) is 6.37. The maximum absolute atomic E-state index is 12.3. The number of hydrogen-bond donors (Lipinski definition) is 0. The van der Waals surface area contributed by atoms with Crippen molar-refractivity contribution in [3.8, 4) is 11.5 Å². The Labute approximate surface area is 135 Å². The van der Waals surface area contributed by atoms with Crippen LogP contribution in [-0.2, 0) is 9.73 Å². The first-order valence-electron chi connectivity index (χ1n) is 6.88. The Morgan fingerprint density at radius 3 is 2.48 bits per heavy atom. The van der Waals surface area contributed by atoms with E-state index in [1.54, 1.807) is 50.4 Å². The molecule has 0 aliphatic heterocycles. The summed E-state index contributed by atoms with van der Waals surface area (Å²) in [6.07, 6.45) is 1.56. The number of nitro groups is 1. The maximum atomic E-state index is 12.3. The third kappa shape index (κ3) is 3.68. The molecule has 0 fully saturated rings. The summed E-state index contributed by atoms with van der Waals surface area (Å²) in [6, 6.07) is 10.0. The zero-order valence-electron chi connectivity index (χ0n) is 13.4. The lowest BCUT2D eigenvalue weighted by Crippen LogP contribution is -1.98. The van der Waals surface area contributed by atoms with E-state index in [1.165, 1.54) is 13.1 Å². The molecule has 0 heterocycles. The second-order valence-electron chi connectivity index (χ2n) is 5.22. The van der Waals surface area contributed by atoms with Gasteiger partial charge in [-0.3, -0.25) is 10.1 Å². The highest BCUT2D eigenvalue weighted by atomic mass is 32.2. The van der Waals surface area contributed by atoms with Crippen molar-refractivity contribution in [3.05, 3.63) is 57.6 Å². The van der Waals surface area contributed by atoms with Crippen molar-refractivity contribution < 1.29 is 13.9 Å². The quantitative estimate of drug-likeness (QED) is 0.623. The molecule has 122 valence electrons. The van der Waals surface area contributed by atoms with Crippen LogP contribution in [0.5, 0.6) is 11.5 Å². The normalized spacial score (nSPS) is 13.2. The van der Waals surface area contributed by atoms with Gasteiger partial charge in [0.05, 0.1) is 19.5 Å². The van der Waals surface area contributed by atoms with Gasteiger partial charge in [0.1, 0.15) is 11.5 Å². The first kappa shape index (κ1) is 17.0. The number of benzene rings is 2. The average molecular weight is 334 g/mol. The van der Waals surface area contributed by atoms with Gasteiger partial charge in [0.2, 0.25) is 0 Å². The van der Waals surface area contributed by atoms with E-state index in [0.717, 1.165) is 0 Å². The van der Waals surface area contributed by atoms with E-state index < -0.39 is 14.7 Å². The zero-order valence-corrected chi connectivity index (χ0v) is 14.2. The first-order chi connectivity index (χ1) is 10.7. The van der Waals surface area contributed by atoms with Gasteiger partial charge in [-0.05, 0) is 43.7 Å². The molecule has 0 N–H and O–H groups in total. The summed E-state index contributed by atoms with van der Waals surface area (Å²) in [7, 11) is -0.930. The van der Waals surface area contributed by atoms with E-state index in [9.17, 15) is 14.3 Å². The highest BCUT2D eigenvalue weighted by Crippen LogP contribution is 2.31. The van der Waals surface area contributed by atoms with Gasteiger partial charge in [0.25, 0.3) is 5.69 Å². The van der Waals surface area contributed by atoms with Gasteiger partial charge < -0.3 is 4.74 Å². The smallest absolute Gasteiger partial charge is 0.272 e. The minimum atomic E-state index is -2.44. The summed E-state index contributed by atoms with van der Waals surface area (Å²) in [5.74, 6) is 1.04. The number of rotatable bonds is 4. The number of aryl methyl sites for hydroxylation is 2. The van der Waals surface area contributed by atoms with Gasteiger partial charge >= 0.3 is 0 Å². The van der Waals surface area contributed by atoms with Crippen molar-refractivity contribution >= 4 is 15.4 Å². The fourth-order valence-electron chi connectivity index (χ4n) is 2.09. The van der Waals surface area contributed by atoms with Gasteiger partial charge in [-0.1, -0.05) is 6.07 Å². The Bertz CT molecular complexity index is 884. The minimum Gasteiger partial charge on any atom is -0.457 e. The molecule has 0 bridgehead atoms. The molecule has 0 spiro atoms. The highest BCUT2D eigenvalue weighted by Gasteiger charge is 2.15. The average Bonchev–Trinajstić information content (AvgIpc) is 2.50. The van der Waals surface area contributed by atoms with Crippen LogP contribution >= 0.6 is 0 Å². The summed E-state index contributed by atoms with van der Waals surface area (Å²) >= 11 is 0. The molecule has 7 heteroatoms. The Hall–Kier alpha value is -2.41. The molecule has 0 amide bonds. The van der Waals surface area contributed by atoms with Crippen molar-refractivity contribution in [3.63, 3.8) is 0 Å². The molecule has 0 aliphatic carbocycles. The van der Waals surface area contributed by atoms with Gasteiger partial charge in [0, 0.05) is 24.9 Å². The molecule has 2 aromatic rings. The SMILES string of the molecule is CN=S(C)(=O)c1cccc(Oc2cc(C)c([N+](=O)[O-])cc2C)c1. The molecular formula is C16H18N2O4S. The van der Waals surface area contributed by atoms with Crippen LogP contribution < -0.4 is 4.74 Å². The molecule has 6 nitrogen and oxygen atoms in total. The number of ether oxygens (including phenoxy) is 1. The lowest BCUT2D eigenvalue weighted by atomic mass is 10.1. The third-order valence-electron chi connectivity index (χ3n) is 3.51. The Morgan fingerprint density at radius 1 is 1.17 bits per heavy atom. The van der Waals surface area contributed by atoms with E-state index in [0.29, 0.717) is 27.5 Å². The molecule has 23 heavy (non-hydrogen) atoms. The molecule has 0 saturated carbocycles. The van der Waals surface area contributed by atoms with Crippen LogP contribution in [0.2, 0.25) is 0 Å². The Kier molecular flexibility index (Phi) is 4.70. The van der Waals surface area contributed by atoms with Crippen LogP contribution in [0.4, 0.5) is 5.69 Å². The topological polar surface area (TPSA) is 81.8 Å². The zero-order chi connectivity index (χ0) is 17.2. The van der Waals surface area contributed by atoms with Crippen LogP contribution in [0.1, 0.15) is 11.1 Å². The molecule has 2 rings (SSSR count). The van der Waals surface area contributed by atoms with E-state index in [1.807, 2.05) is 0 Å². The van der Waals surface area contributed by atoms with Crippen molar-refractivity contribution in [1.29, 1.82) is 0 Å². The van der Waals surface area contributed by atoms with E-state index in [2.05, 4.69) is 4.36 Å². The molecule has 1 unspecified atom stereocenters. The fraction of sp³-hybridized carbons (Fsp3) is 0.250. The molecule has 2 aromatic carbocycles. The van der Waals surface area contributed by atoms with Gasteiger partial charge in [0.15, 0.2) is 0 Å². The summed E-state index contributed by atoms with van der Waals surface area (Å²) in [6.45, 7) is 3.41. The monoisotopic (exact) mass is 334 g/mol. The number of nitrogens with zero attached hydrogens (tertiary/aromatic N) is 2. The summed E-state index contributed by atoms with van der Waals surface area (Å²) < 4.78 is 22.0. The van der Waals surface area contributed by atoms with Gasteiger partial charge in [-0.2, -0.15) is 0 Å². The van der Waals surface area contributed by atoms with Gasteiger partial charge in [-0.25, -0.2) is 8.57 Å². The summed E-state index contributed by atoms with van der Waals surface area (Å²) in [5.41, 5.74) is 1.24. The molecule has 1 atom stereocenters. The van der Waals surface area contributed by atoms with Crippen molar-refractivity contribution in [2.75, 3.05) is 13.3 Å².